The number of benzene rings is 2. The average molecular weight is 495 g/mol. The second-order valence-electron chi connectivity index (χ2n) is 7.98. The number of anilines is 1. The van der Waals surface area contributed by atoms with Gasteiger partial charge in [-0.25, -0.2) is 9.88 Å². The van der Waals surface area contributed by atoms with Crippen LogP contribution in [0.3, 0.4) is 0 Å². The number of methoxy groups -OCH3 is 1. The molecule has 0 radical (unpaired) electrons. The summed E-state index contributed by atoms with van der Waals surface area (Å²) < 4.78 is 12.2. The van der Waals surface area contributed by atoms with Crippen molar-refractivity contribution in [3.05, 3.63) is 48.0 Å². The van der Waals surface area contributed by atoms with Crippen LogP contribution in [0.2, 0.25) is 0 Å². The highest BCUT2D eigenvalue weighted by Gasteiger charge is 2.44. The van der Waals surface area contributed by atoms with Gasteiger partial charge < -0.3 is 14.6 Å². The second-order valence-corrected chi connectivity index (χ2v) is 9.04. The van der Waals surface area contributed by atoms with E-state index < -0.39 is 18.0 Å². The molecule has 3 aromatic rings. The third-order valence-electron chi connectivity index (χ3n) is 5.52. The minimum absolute atomic E-state index is 0.205. The van der Waals surface area contributed by atoms with Crippen LogP contribution in [-0.4, -0.2) is 34.8 Å². The van der Waals surface area contributed by atoms with E-state index in [1.165, 1.54) is 32.7 Å². The quantitative estimate of drug-likeness (QED) is 0.162. The monoisotopic (exact) mass is 494 g/mol. The van der Waals surface area contributed by atoms with Crippen molar-refractivity contribution >= 4 is 29.3 Å². The third kappa shape index (κ3) is 4.79. The Balaban J connectivity index is 1.96. The molecule has 0 spiro atoms. The zero-order chi connectivity index (χ0) is 25.1. The molecule has 0 N–H and O–H groups in total. The van der Waals surface area contributed by atoms with Gasteiger partial charge in [0, 0.05) is 30.3 Å². The number of hydrogen-bond donors (Lipinski definition) is 0. The first kappa shape index (κ1) is 24.5. The lowest BCUT2D eigenvalue weighted by atomic mass is 10.0. The predicted molar refractivity (Wildman–Crippen MR) is 128 cm³/mol. The van der Waals surface area contributed by atoms with Crippen LogP contribution in [0.5, 0.6) is 17.4 Å². The van der Waals surface area contributed by atoms with Gasteiger partial charge >= 0.3 is 5.97 Å². The highest BCUT2D eigenvalue weighted by Crippen LogP contribution is 2.42. The average Bonchev–Trinajstić information content (AvgIpc) is 2.82. The van der Waals surface area contributed by atoms with E-state index in [4.69, 9.17) is 14.6 Å². The van der Waals surface area contributed by atoms with Gasteiger partial charge in [-0.05, 0) is 36.8 Å². The molecule has 9 nitrogen and oxygen atoms in total. The van der Waals surface area contributed by atoms with Crippen molar-refractivity contribution in [3.63, 3.8) is 0 Å². The number of rotatable bonds is 7. The summed E-state index contributed by atoms with van der Waals surface area (Å²) in [5.74, 6) is 0.167. The summed E-state index contributed by atoms with van der Waals surface area (Å²) in [7, 11) is 1.47. The molecule has 0 saturated heterocycles. The van der Waals surface area contributed by atoms with E-state index in [0.717, 1.165) is 18.6 Å². The molecule has 10 heteroatoms. The molecular formula is C25H26N4O5S. The van der Waals surface area contributed by atoms with E-state index in [1.807, 2.05) is 0 Å². The molecule has 182 valence electrons. The van der Waals surface area contributed by atoms with Gasteiger partial charge in [0.2, 0.25) is 5.91 Å². The summed E-state index contributed by atoms with van der Waals surface area (Å²) in [5, 5.41) is 18.3. The van der Waals surface area contributed by atoms with Gasteiger partial charge in [0.15, 0.2) is 11.5 Å². The maximum absolute atomic E-state index is 13.3. The number of aromatic nitrogens is 3. The molecule has 0 aliphatic carbocycles. The van der Waals surface area contributed by atoms with Crippen LogP contribution in [0.25, 0.3) is 11.3 Å². The normalized spacial score (nSPS) is 14.2. The fourth-order valence-electron chi connectivity index (χ4n) is 4.03. The van der Waals surface area contributed by atoms with Crippen molar-refractivity contribution < 1.29 is 28.9 Å². The number of hydrogen-bond acceptors (Lipinski definition) is 8. The largest absolute Gasteiger partial charge is 0.854 e. The Morgan fingerprint density at radius 1 is 1.17 bits per heavy atom. The molecule has 1 aromatic heterocycles. The SMILES string of the molecule is CCCCSc1nc([O-])c2[n+](n1)C(c1ccc(OC)c(OC(C)=O)c1)N(C(C)=O)c1ccccc1-2. The molecule has 35 heavy (non-hydrogen) atoms. The first-order valence-corrected chi connectivity index (χ1v) is 12.2. The Kier molecular flexibility index (Phi) is 7.20. The molecule has 1 amide bonds. The highest BCUT2D eigenvalue weighted by atomic mass is 32.2. The van der Waals surface area contributed by atoms with Crippen LogP contribution >= 0.6 is 11.8 Å². The molecule has 4 rings (SSSR count). The van der Waals surface area contributed by atoms with Crippen LogP contribution in [0, 0.1) is 0 Å². The van der Waals surface area contributed by atoms with Gasteiger partial charge in [-0.1, -0.05) is 41.9 Å². The van der Waals surface area contributed by atoms with E-state index in [0.29, 0.717) is 27.7 Å². The van der Waals surface area contributed by atoms with Crippen LogP contribution in [0.1, 0.15) is 45.3 Å². The first-order valence-electron chi connectivity index (χ1n) is 11.2. The lowest BCUT2D eigenvalue weighted by Crippen LogP contribution is -2.58. The molecule has 0 bridgehead atoms. The van der Waals surface area contributed by atoms with Crippen molar-refractivity contribution in [3.8, 4) is 28.6 Å². The van der Waals surface area contributed by atoms with Crippen LogP contribution in [0.15, 0.2) is 47.6 Å². The smallest absolute Gasteiger partial charge is 0.308 e. The summed E-state index contributed by atoms with van der Waals surface area (Å²) in [6.07, 6.45) is 1.16. The van der Waals surface area contributed by atoms with E-state index in [2.05, 4.69) is 11.9 Å². The number of carbonyl (C=O) groups is 2. The zero-order valence-corrected chi connectivity index (χ0v) is 20.8. The number of nitrogens with zero attached hydrogens (tertiary/aromatic N) is 4. The maximum Gasteiger partial charge on any atom is 0.308 e. The molecule has 2 heterocycles. The molecule has 1 aliphatic rings. The molecule has 0 fully saturated rings. The van der Waals surface area contributed by atoms with Crippen molar-refractivity contribution in [1.82, 2.24) is 10.1 Å². The van der Waals surface area contributed by atoms with Gasteiger partial charge in [-0.2, -0.15) is 0 Å². The van der Waals surface area contributed by atoms with Gasteiger partial charge in [0.05, 0.1) is 24.2 Å². The lowest BCUT2D eigenvalue weighted by molar-refractivity contribution is -0.764. The molecule has 0 saturated carbocycles. The number of thioether (sulfide) groups is 1. The highest BCUT2D eigenvalue weighted by molar-refractivity contribution is 7.99. The summed E-state index contributed by atoms with van der Waals surface area (Å²) in [6.45, 7) is 4.85. The standard InChI is InChI=1S/C25H26N4O5S/c1-5-6-13-35-25-26-23(32)22-18-9-7-8-10-19(18)28(15(2)30)24(29(22)27-25)17-11-12-20(33-4)21(14-17)34-16(3)31/h7-12,14,24H,5-6,13H2,1-4H3. The fourth-order valence-corrected chi connectivity index (χ4v) is 4.94. The molecule has 1 unspecified atom stereocenters. The Morgan fingerprint density at radius 3 is 2.63 bits per heavy atom. The number of fused-ring (bicyclic) bond motifs is 3. The summed E-state index contributed by atoms with van der Waals surface area (Å²) in [6, 6.07) is 12.2. The van der Waals surface area contributed by atoms with Gasteiger partial charge in [0.1, 0.15) is 0 Å². The van der Waals surface area contributed by atoms with Crippen molar-refractivity contribution in [1.29, 1.82) is 0 Å². The Bertz CT molecular complexity index is 1280. The third-order valence-corrected chi connectivity index (χ3v) is 6.45. The Hall–Kier alpha value is -3.66. The number of para-hydroxylation sites is 1. The zero-order valence-electron chi connectivity index (χ0n) is 20.0. The topological polar surface area (TPSA) is 109 Å². The van der Waals surface area contributed by atoms with Crippen LogP contribution in [-0.2, 0) is 9.59 Å². The summed E-state index contributed by atoms with van der Waals surface area (Å²) in [5.41, 5.74) is 2.01. The van der Waals surface area contributed by atoms with Gasteiger partial charge in [-0.3, -0.25) is 9.59 Å². The first-order chi connectivity index (χ1) is 16.8. The number of carbonyl (C=O) groups excluding carboxylic acids is 2. The van der Waals surface area contributed by atoms with Crippen LogP contribution in [0.4, 0.5) is 5.69 Å². The van der Waals surface area contributed by atoms with Crippen LogP contribution < -0.4 is 24.2 Å². The van der Waals surface area contributed by atoms with E-state index in [1.54, 1.807) is 52.0 Å². The molecule has 1 atom stereocenters. The Morgan fingerprint density at radius 2 is 1.94 bits per heavy atom. The number of esters is 1. The number of unbranched alkanes of at least 4 members (excludes halogenated alkanes) is 1. The Labute approximate surface area is 207 Å². The molecular weight excluding hydrogens is 468 g/mol. The molecule has 1 aliphatic heterocycles. The predicted octanol–water partition coefficient (Wildman–Crippen LogP) is 3.24. The minimum atomic E-state index is -0.807. The van der Waals surface area contributed by atoms with Crippen molar-refractivity contribution in [2.24, 2.45) is 0 Å². The summed E-state index contributed by atoms with van der Waals surface area (Å²) in [4.78, 5) is 30.5. The van der Waals surface area contributed by atoms with Gasteiger partial charge in [-0.15, -0.1) is 0 Å². The second kappa shape index (κ2) is 10.3. The minimum Gasteiger partial charge on any atom is -0.854 e. The maximum atomic E-state index is 13.3. The van der Waals surface area contributed by atoms with Crippen molar-refractivity contribution in [2.75, 3.05) is 17.8 Å². The van der Waals surface area contributed by atoms with E-state index in [9.17, 15) is 14.7 Å². The molecule has 2 aromatic carbocycles. The van der Waals surface area contributed by atoms with Crippen molar-refractivity contribution in [2.45, 2.75) is 44.9 Å². The van der Waals surface area contributed by atoms with E-state index in [-0.39, 0.29) is 17.4 Å². The summed E-state index contributed by atoms with van der Waals surface area (Å²) >= 11 is 1.40. The number of ether oxygens (including phenoxy) is 2. The lowest BCUT2D eigenvalue weighted by Gasteiger charge is -2.33. The fraction of sp³-hybridized carbons (Fsp3) is 0.320. The van der Waals surface area contributed by atoms with E-state index >= 15 is 0 Å². The van der Waals surface area contributed by atoms with Gasteiger partial charge in [0.25, 0.3) is 17.0 Å². The number of amides is 1.